The molecule has 18 heavy (non-hydrogen) atoms. The summed E-state index contributed by atoms with van der Waals surface area (Å²) in [7, 11) is 0. The lowest BCUT2D eigenvalue weighted by Crippen LogP contribution is -2.34. The molecule has 0 aromatic heterocycles. The lowest BCUT2D eigenvalue weighted by Gasteiger charge is -2.31. The lowest BCUT2D eigenvalue weighted by atomic mass is 9.93. The highest BCUT2D eigenvalue weighted by atomic mass is 79.9. The zero-order chi connectivity index (χ0) is 13.0. The number of rotatable bonds is 4. The molecule has 0 aliphatic carbocycles. The van der Waals surface area contributed by atoms with E-state index in [1.807, 2.05) is 0 Å². The maximum atomic E-state index is 10.9. The Morgan fingerprint density at radius 1 is 1.28 bits per heavy atom. The van der Waals surface area contributed by atoms with Gasteiger partial charge in [-0.05, 0) is 49.5 Å². The first-order chi connectivity index (χ1) is 8.63. The quantitative estimate of drug-likeness (QED) is 0.929. The fourth-order valence-corrected chi connectivity index (χ4v) is 2.75. The van der Waals surface area contributed by atoms with Gasteiger partial charge in [0.2, 0.25) is 5.91 Å². The summed E-state index contributed by atoms with van der Waals surface area (Å²) in [5.74, 6) is 0.324. The Kier molecular flexibility index (Phi) is 4.78. The van der Waals surface area contributed by atoms with E-state index in [0.29, 0.717) is 12.3 Å². The molecule has 1 aliphatic rings. The van der Waals surface area contributed by atoms with E-state index in [1.54, 1.807) is 0 Å². The number of hydrogen-bond acceptors (Lipinski definition) is 2. The Balaban J connectivity index is 1.79. The van der Waals surface area contributed by atoms with Crippen LogP contribution in [0.2, 0.25) is 0 Å². The number of halogens is 1. The molecule has 1 aliphatic heterocycles. The Morgan fingerprint density at radius 2 is 1.89 bits per heavy atom. The van der Waals surface area contributed by atoms with Gasteiger partial charge < -0.3 is 5.73 Å². The lowest BCUT2D eigenvalue weighted by molar-refractivity contribution is -0.119. The summed E-state index contributed by atoms with van der Waals surface area (Å²) >= 11 is 3.44. The van der Waals surface area contributed by atoms with Crippen LogP contribution in [0.4, 0.5) is 0 Å². The smallest absolute Gasteiger partial charge is 0.217 e. The summed E-state index contributed by atoms with van der Waals surface area (Å²) in [6, 6.07) is 8.46. The molecule has 1 fully saturated rings. The molecule has 1 heterocycles. The van der Waals surface area contributed by atoms with Gasteiger partial charge in [0.15, 0.2) is 0 Å². The molecule has 2 rings (SSSR count). The van der Waals surface area contributed by atoms with Crippen molar-refractivity contribution in [2.75, 3.05) is 13.1 Å². The van der Waals surface area contributed by atoms with E-state index in [0.717, 1.165) is 36.9 Å². The van der Waals surface area contributed by atoms with Crippen molar-refractivity contribution in [3.8, 4) is 0 Å². The summed E-state index contributed by atoms with van der Waals surface area (Å²) in [5, 5.41) is 0. The van der Waals surface area contributed by atoms with E-state index < -0.39 is 0 Å². The van der Waals surface area contributed by atoms with Crippen LogP contribution < -0.4 is 5.73 Å². The van der Waals surface area contributed by atoms with Crippen molar-refractivity contribution in [2.45, 2.75) is 25.8 Å². The molecule has 0 bridgehead atoms. The van der Waals surface area contributed by atoms with Crippen LogP contribution in [0.15, 0.2) is 28.7 Å². The van der Waals surface area contributed by atoms with E-state index >= 15 is 0 Å². The van der Waals surface area contributed by atoms with Gasteiger partial charge in [-0.3, -0.25) is 9.69 Å². The summed E-state index contributed by atoms with van der Waals surface area (Å²) < 4.78 is 1.12. The molecule has 0 radical (unpaired) electrons. The molecule has 3 nitrogen and oxygen atoms in total. The van der Waals surface area contributed by atoms with Gasteiger partial charge in [0.05, 0.1) is 0 Å². The Morgan fingerprint density at radius 3 is 2.44 bits per heavy atom. The molecule has 0 unspecified atom stereocenters. The molecule has 0 atom stereocenters. The van der Waals surface area contributed by atoms with E-state index in [2.05, 4.69) is 45.1 Å². The van der Waals surface area contributed by atoms with Crippen LogP contribution in [0.3, 0.4) is 0 Å². The van der Waals surface area contributed by atoms with Crippen LogP contribution in [0.25, 0.3) is 0 Å². The number of hydrogen-bond donors (Lipinski definition) is 1. The summed E-state index contributed by atoms with van der Waals surface area (Å²) in [5.41, 5.74) is 6.58. The van der Waals surface area contributed by atoms with Gasteiger partial charge in [0.25, 0.3) is 0 Å². The van der Waals surface area contributed by atoms with Crippen LogP contribution in [-0.2, 0) is 11.3 Å². The summed E-state index contributed by atoms with van der Waals surface area (Å²) in [4.78, 5) is 13.3. The van der Waals surface area contributed by atoms with Crippen LogP contribution in [0.1, 0.15) is 24.8 Å². The van der Waals surface area contributed by atoms with Crippen molar-refractivity contribution in [3.63, 3.8) is 0 Å². The number of benzene rings is 1. The number of piperidine rings is 1. The third-order valence-electron chi connectivity index (χ3n) is 3.52. The van der Waals surface area contributed by atoms with Crippen molar-refractivity contribution < 1.29 is 4.79 Å². The summed E-state index contributed by atoms with van der Waals surface area (Å²) in [6.45, 7) is 3.12. The second kappa shape index (κ2) is 6.34. The average molecular weight is 311 g/mol. The van der Waals surface area contributed by atoms with Crippen LogP contribution in [0, 0.1) is 5.92 Å². The van der Waals surface area contributed by atoms with Gasteiger partial charge in [-0.1, -0.05) is 28.1 Å². The standard InChI is InChI=1S/C14H19BrN2O/c15-13-3-1-12(2-4-13)10-17-7-5-11(6-8-17)9-14(16)18/h1-4,11H,5-10H2,(H2,16,18). The third kappa shape index (κ3) is 4.10. The Hall–Kier alpha value is -0.870. The van der Waals surface area contributed by atoms with Gasteiger partial charge in [-0.25, -0.2) is 0 Å². The zero-order valence-corrected chi connectivity index (χ0v) is 12.0. The normalized spacial score (nSPS) is 17.8. The van der Waals surface area contributed by atoms with E-state index in [9.17, 15) is 4.79 Å². The van der Waals surface area contributed by atoms with Crippen molar-refractivity contribution in [1.29, 1.82) is 0 Å². The first-order valence-electron chi connectivity index (χ1n) is 6.38. The molecule has 0 spiro atoms. The fourth-order valence-electron chi connectivity index (χ4n) is 2.48. The van der Waals surface area contributed by atoms with Crippen molar-refractivity contribution >= 4 is 21.8 Å². The van der Waals surface area contributed by atoms with Crippen LogP contribution in [0.5, 0.6) is 0 Å². The average Bonchev–Trinajstić information content (AvgIpc) is 2.34. The van der Waals surface area contributed by atoms with Crippen molar-refractivity contribution in [3.05, 3.63) is 34.3 Å². The Bertz CT molecular complexity index is 397. The minimum Gasteiger partial charge on any atom is -0.370 e. The predicted octanol–water partition coefficient (Wildman–Crippen LogP) is 2.54. The number of primary amides is 1. The topological polar surface area (TPSA) is 46.3 Å². The maximum Gasteiger partial charge on any atom is 0.217 e. The highest BCUT2D eigenvalue weighted by Crippen LogP contribution is 2.22. The SMILES string of the molecule is NC(=O)CC1CCN(Cc2ccc(Br)cc2)CC1. The molecular weight excluding hydrogens is 292 g/mol. The van der Waals surface area contributed by atoms with Gasteiger partial charge >= 0.3 is 0 Å². The molecule has 4 heteroatoms. The minimum atomic E-state index is -0.165. The van der Waals surface area contributed by atoms with Gasteiger partial charge in [0.1, 0.15) is 0 Å². The van der Waals surface area contributed by atoms with Gasteiger partial charge in [-0.15, -0.1) is 0 Å². The largest absolute Gasteiger partial charge is 0.370 e. The molecule has 1 amide bonds. The highest BCUT2D eigenvalue weighted by molar-refractivity contribution is 9.10. The van der Waals surface area contributed by atoms with Crippen LogP contribution in [-0.4, -0.2) is 23.9 Å². The predicted molar refractivity (Wildman–Crippen MR) is 76.0 cm³/mol. The number of nitrogens with two attached hydrogens (primary N) is 1. The van der Waals surface area contributed by atoms with Crippen molar-refractivity contribution in [1.82, 2.24) is 4.90 Å². The molecular formula is C14H19BrN2O. The molecule has 98 valence electrons. The number of carbonyl (C=O) groups excluding carboxylic acids is 1. The number of amides is 1. The van der Waals surface area contributed by atoms with Crippen LogP contribution >= 0.6 is 15.9 Å². The van der Waals surface area contributed by atoms with E-state index in [4.69, 9.17) is 5.73 Å². The second-order valence-electron chi connectivity index (χ2n) is 5.02. The monoisotopic (exact) mass is 310 g/mol. The molecule has 1 aromatic rings. The number of nitrogens with zero attached hydrogens (tertiary/aromatic N) is 1. The molecule has 1 saturated heterocycles. The second-order valence-corrected chi connectivity index (χ2v) is 5.93. The number of carbonyl (C=O) groups is 1. The minimum absolute atomic E-state index is 0.165. The first-order valence-corrected chi connectivity index (χ1v) is 7.18. The van der Waals surface area contributed by atoms with Gasteiger partial charge in [-0.2, -0.15) is 0 Å². The first kappa shape index (κ1) is 13.6. The van der Waals surface area contributed by atoms with E-state index in [-0.39, 0.29) is 5.91 Å². The fraction of sp³-hybridized carbons (Fsp3) is 0.500. The van der Waals surface area contributed by atoms with E-state index in [1.165, 1.54) is 5.56 Å². The molecule has 1 aromatic carbocycles. The zero-order valence-electron chi connectivity index (χ0n) is 10.4. The summed E-state index contributed by atoms with van der Waals surface area (Å²) in [6.07, 6.45) is 2.71. The highest BCUT2D eigenvalue weighted by Gasteiger charge is 2.20. The number of likely N-dealkylation sites (tertiary alicyclic amines) is 1. The van der Waals surface area contributed by atoms with Gasteiger partial charge in [0, 0.05) is 17.4 Å². The maximum absolute atomic E-state index is 10.9. The molecule has 0 saturated carbocycles. The molecule has 2 N–H and O–H groups in total. The third-order valence-corrected chi connectivity index (χ3v) is 4.05. The van der Waals surface area contributed by atoms with Crippen molar-refractivity contribution in [2.24, 2.45) is 11.7 Å². The Labute approximate surface area is 116 Å².